The molecule has 0 spiro atoms. The summed E-state index contributed by atoms with van der Waals surface area (Å²) >= 11 is 5.98. The van der Waals surface area contributed by atoms with Crippen molar-refractivity contribution in [3.63, 3.8) is 0 Å². The maximum absolute atomic E-state index is 9.20. The van der Waals surface area contributed by atoms with E-state index in [1.165, 1.54) is 0 Å². The first-order chi connectivity index (χ1) is 8.79. The molecule has 0 radical (unpaired) electrons. The second kappa shape index (κ2) is 4.71. The van der Waals surface area contributed by atoms with Gasteiger partial charge in [0.1, 0.15) is 5.82 Å². The van der Waals surface area contributed by atoms with Crippen LogP contribution in [0.2, 0.25) is 5.28 Å². The second-order valence-electron chi connectivity index (χ2n) is 4.48. The first-order valence-electron chi connectivity index (χ1n) is 6.09. The maximum Gasteiger partial charge on any atom is 0.224 e. The number of aromatic nitrogens is 2. The number of aliphatic hydroxyl groups is 1. The Morgan fingerprint density at radius 2 is 2.06 bits per heavy atom. The Bertz CT molecular complexity index is 571. The number of halogens is 1. The molecule has 3 rings (SSSR count). The molecule has 2 aromatic rings. The number of nitrogens with zero attached hydrogens (tertiary/aromatic N) is 3. The quantitative estimate of drug-likeness (QED) is 0.860. The van der Waals surface area contributed by atoms with Crippen molar-refractivity contribution in [2.75, 3.05) is 18.1 Å². The topological polar surface area (TPSA) is 49.2 Å². The summed E-state index contributed by atoms with van der Waals surface area (Å²) in [6.45, 7) is 0.703. The van der Waals surface area contributed by atoms with E-state index >= 15 is 0 Å². The van der Waals surface area contributed by atoms with Crippen molar-refractivity contribution in [2.24, 2.45) is 0 Å². The molecular formula is C13H14ClN3O. The molecule has 0 bridgehead atoms. The molecule has 1 heterocycles. The molecule has 18 heavy (non-hydrogen) atoms. The highest BCUT2D eigenvalue weighted by molar-refractivity contribution is 6.28. The van der Waals surface area contributed by atoms with Crippen LogP contribution >= 0.6 is 11.6 Å². The van der Waals surface area contributed by atoms with E-state index in [4.69, 9.17) is 11.6 Å². The van der Waals surface area contributed by atoms with E-state index < -0.39 is 0 Å². The van der Waals surface area contributed by atoms with Gasteiger partial charge < -0.3 is 10.0 Å². The van der Waals surface area contributed by atoms with Gasteiger partial charge in [0.15, 0.2) is 0 Å². The summed E-state index contributed by atoms with van der Waals surface area (Å²) in [7, 11) is 0. The van der Waals surface area contributed by atoms with Gasteiger partial charge in [-0.1, -0.05) is 12.1 Å². The number of hydrogen-bond acceptors (Lipinski definition) is 4. The van der Waals surface area contributed by atoms with E-state index in [1.807, 2.05) is 24.3 Å². The van der Waals surface area contributed by atoms with E-state index in [1.54, 1.807) is 0 Å². The van der Waals surface area contributed by atoms with Gasteiger partial charge >= 0.3 is 0 Å². The number of anilines is 1. The van der Waals surface area contributed by atoms with Crippen LogP contribution in [0.5, 0.6) is 0 Å². The lowest BCUT2D eigenvalue weighted by molar-refractivity contribution is 0.301. The molecule has 0 unspecified atom stereocenters. The van der Waals surface area contributed by atoms with Crippen molar-refractivity contribution in [2.45, 2.75) is 18.9 Å². The summed E-state index contributed by atoms with van der Waals surface area (Å²) in [5, 5.41) is 10.4. The fraction of sp³-hybridized carbons (Fsp3) is 0.385. The van der Waals surface area contributed by atoms with Gasteiger partial charge in [0.25, 0.3) is 0 Å². The van der Waals surface area contributed by atoms with Crippen molar-refractivity contribution >= 4 is 28.3 Å². The van der Waals surface area contributed by atoms with Crippen molar-refractivity contribution in [3.8, 4) is 0 Å². The van der Waals surface area contributed by atoms with Crippen LogP contribution in [0.15, 0.2) is 24.3 Å². The van der Waals surface area contributed by atoms with Crippen LogP contribution in [0.3, 0.4) is 0 Å². The van der Waals surface area contributed by atoms with Crippen LogP contribution in [0.4, 0.5) is 5.82 Å². The average molecular weight is 264 g/mol. The predicted octanol–water partition coefficient (Wildman–Crippen LogP) is 2.24. The maximum atomic E-state index is 9.20. The predicted molar refractivity (Wildman–Crippen MR) is 72.0 cm³/mol. The third-order valence-electron chi connectivity index (χ3n) is 3.16. The Kier molecular flexibility index (Phi) is 3.06. The van der Waals surface area contributed by atoms with Crippen LogP contribution in [0.25, 0.3) is 10.9 Å². The van der Waals surface area contributed by atoms with Crippen LogP contribution in [0.1, 0.15) is 12.8 Å². The van der Waals surface area contributed by atoms with Gasteiger partial charge in [-0.05, 0) is 36.6 Å². The number of fused-ring (bicyclic) bond motifs is 1. The Balaban J connectivity index is 2.13. The first-order valence-corrected chi connectivity index (χ1v) is 6.47. The van der Waals surface area contributed by atoms with Gasteiger partial charge in [-0.2, -0.15) is 4.98 Å². The molecule has 0 aliphatic heterocycles. The molecule has 1 fully saturated rings. The lowest BCUT2D eigenvalue weighted by Crippen LogP contribution is -2.30. The van der Waals surface area contributed by atoms with E-state index in [0.717, 1.165) is 29.6 Å². The van der Waals surface area contributed by atoms with Gasteiger partial charge in [0.2, 0.25) is 5.28 Å². The van der Waals surface area contributed by atoms with Crippen LogP contribution in [0, 0.1) is 0 Å². The molecule has 1 aliphatic rings. The van der Waals surface area contributed by atoms with E-state index in [0.29, 0.717) is 12.6 Å². The zero-order chi connectivity index (χ0) is 12.5. The van der Waals surface area contributed by atoms with Crippen molar-refractivity contribution in [1.29, 1.82) is 0 Å². The molecular weight excluding hydrogens is 250 g/mol. The molecule has 5 heteroatoms. The largest absolute Gasteiger partial charge is 0.395 e. The first kappa shape index (κ1) is 11.7. The number of rotatable bonds is 4. The van der Waals surface area contributed by atoms with Gasteiger partial charge in [0, 0.05) is 18.0 Å². The zero-order valence-corrected chi connectivity index (χ0v) is 10.6. The number of benzene rings is 1. The number of para-hydroxylation sites is 1. The van der Waals surface area contributed by atoms with Crippen molar-refractivity contribution in [3.05, 3.63) is 29.5 Å². The Labute approximate surface area is 110 Å². The van der Waals surface area contributed by atoms with Gasteiger partial charge in [0.05, 0.1) is 12.1 Å². The Morgan fingerprint density at radius 3 is 2.78 bits per heavy atom. The van der Waals surface area contributed by atoms with Crippen molar-refractivity contribution in [1.82, 2.24) is 9.97 Å². The minimum atomic E-state index is 0.118. The smallest absolute Gasteiger partial charge is 0.224 e. The van der Waals surface area contributed by atoms with Gasteiger partial charge in [-0.3, -0.25) is 0 Å². The molecule has 94 valence electrons. The van der Waals surface area contributed by atoms with Crippen molar-refractivity contribution < 1.29 is 5.11 Å². The summed E-state index contributed by atoms with van der Waals surface area (Å²) in [5.41, 5.74) is 0.844. The summed E-state index contributed by atoms with van der Waals surface area (Å²) in [4.78, 5) is 10.7. The molecule has 0 saturated heterocycles. The highest BCUT2D eigenvalue weighted by atomic mass is 35.5. The fourth-order valence-corrected chi connectivity index (χ4v) is 2.38. The molecule has 1 aromatic carbocycles. The second-order valence-corrected chi connectivity index (χ2v) is 4.82. The summed E-state index contributed by atoms with van der Waals surface area (Å²) < 4.78 is 0. The molecule has 1 aromatic heterocycles. The lowest BCUT2D eigenvalue weighted by Gasteiger charge is -2.23. The summed E-state index contributed by atoms with van der Waals surface area (Å²) in [6, 6.07) is 8.30. The van der Waals surface area contributed by atoms with E-state index in [9.17, 15) is 5.11 Å². The Morgan fingerprint density at radius 1 is 1.28 bits per heavy atom. The molecule has 1 aliphatic carbocycles. The highest BCUT2D eigenvalue weighted by Crippen LogP contribution is 2.34. The standard InChI is InChI=1S/C13H14ClN3O/c14-13-15-11-4-2-1-3-10(11)12(16-13)17(7-8-18)9-5-6-9/h1-4,9,18H,5-8H2. The minimum absolute atomic E-state index is 0.118. The average Bonchev–Trinajstić information content (AvgIpc) is 3.19. The normalized spacial score (nSPS) is 15.0. The summed E-state index contributed by atoms with van der Waals surface area (Å²) in [5.74, 6) is 0.835. The lowest BCUT2D eigenvalue weighted by atomic mass is 10.2. The SMILES string of the molecule is OCCN(c1nc(Cl)nc2ccccc12)C1CC1. The molecule has 4 nitrogen and oxygen atoms in total. The molecule has 0 atom stereocenters. The van der Waals surface area contributed by atoms with E-state index in [2.05, 4.69) is 14.9 Å². The molecule has 1 saturated carbocycles. The van der Waals surface area contributed by atoms with Gasteiger partial charge in [-0.25, -0.2) is 4.98 Å². The monoisotopic (exact) mass is 263 g/mol. The highest BCUT2D eigenvalue weighted by Gasteiger charge is 2.30. The summed E-state index contributed by atoms with van der Waals surface area (Å²) in [6.07, 6.45) is 2.30. The number of aliphatic hydroxyl groups excluding tert-OH is 1. The zero-order valence-electron chi connectivity index (χ0n) is 9.88. The van der Waals surface area contributed by atoms with E-state index in [-0.39, 0.29) is 11.9 Å². The minimum Gasteiger partial charge on any atom is -0.395 e. The third-order valence-corrected chi connectivity index (χ3v) is 3.33. The van der Waals surface area contributed by atoms with Crippen LogP contribution < -0.4 is 4.90 Å². The molecule has 0 amide bonds. The van der Waals surface area contributed by atoms with Gasteiger partial charge in [-0.15, -0.1) is 0 Å². The molecule has 1 N–H and O–H groups in total. The third kappa shape index (κ3) is 2.13. The fourth-order valence-electron chi connectivity index (χ4n) is 2.21. The van der Waals surface area contributed by atoms with Crippen LogP contribution in [-0.4, -0.2) is 34.3 Å². The number of hydrogen-bond donors (Lipinski definition) is 1. The Hall–Kier alpha value is -1.39. The van der Waals surface area contributed by atoms with Crippen LogP contribution in [-0.2, 0) is 0 Å².